The monoisotopic (exact) mass is 779 g/mol. The molecule has 0 unspecified atom stereocenters. The molecule has 3 aromatic heterocycles. The number of aromatic nitrogens is 2. The van der Waals surface area contributed by atoms with Gasteiger partial charge in [0.05, 0.1) is 8.07 Å². The van der Waals surface area contributed by atoms with E-state index in [2.05, 4.69) is 72.1 Å². The van der Waals surface area contributed by atoms with E-state index in [0.717, 1.165) is 55.0 Å². The van der Waals surface area contributed by atoms with Crippen molar-refractivity contribution < 1.29 is 24.5 Å². The normalized spacial score (nSPS) is 13.5. The van der Waals surface area contributed by atoms with Crippen molar-refractivity contribution in [1.29, 1.82) is 0 Å². The minimum atomic E-state index is -1.23. The molecule has 0 N–H and O–H groups in total. The number of rotatable bonds is 5. The van der Waals surface area contributed by atoms with Crippen LogP contribution in [0.4, 0.5) is 4.39 Å². The van der Waals surface area contributed by atoms with Gasteiger partial charge in [-0.2, -0.15) is 11.3 Å². The van der Waals surface area contributed by atoms with E-state index in [1.54, 1.807) is 17.4 Å². The van der Waals surface area contributed by atoms with E-state index in [9.17, 15) is 4.39 Å². The van der Waals surface area contributed by atoms with Gasteiger partial charge in [0, 0.05) is 37.2 Å². The van der Waals surface area contributed by atoms with Crippen molar-refractivity contribution in [3.05, 3.63) is 115 Å². The molecule has 7 rings (SSSR count). The first-order valence-corrected chi connectivity index (χ1v) is 19.1. The van der Waals surface area contributed by atoms with E-state index in [1.165, 1.54) is 42.5 Å². The number of hydrogen-bond donors (Lipinski definition) is 0. The standard InChI is InChI=1S/C23H19FNS.C14H16NSi.Ir/c24-18-6-8-23-20(14-18)19-13-17(5-7-22(19)26-23)21-12-16(9-10-25-21)11-15-3-1-2-4-15;1-16(2,3)13-9-10-14(15-11-13)12-7-5-4-6-8-12;/h6-10,12-15H,1-4,11H2;4-7,9-11H,1-3H3;/q2*-1;. The summed E-state index contributed by atoms with van der Waals surface area (Å²) in [4.78, 5) is 9.09. The zero-order valence-corrected chi connectivity index (χ0v) is 29.0. The van der Waals surface area contributed by atoms with Crippen molar-refractivity contribution in [2.75, 3.05) is 0 Å². The van der Waals surface area contributed by atoms with Crippen molar-refractivity contribution in [1.82, 2.24) is 9.97 Å². The summed E-state index contributed by atoms with van der Waals surface area (Å²) < 4.78 is 15.9. The molecule has 1 fully saturated rings. The largest absolute Gasteiger partial charge is 0.305 e. The van der Waals surface area contributed by atoms with E-state index in [-0.39, 0.29) is 25.9 Å². The quantitative estimate of drug-likeness (QED) is 0.129. The fourth-order valence-electron chi connectivity index (χ4n) is 5.69. The molecule has 0 aliphatic heterocycles. The molecule has 0 saturated heterocycles. The second kappa shape index (κ2) is 13.7. The Kier molecular flexibility index (Phi) is 10.0. The Labute approximate surface area is 272 Å². The van der Waals surface area contributed by atoms with Crippen molar-refractivity contribution in [3.63, 3.8) is 0 Å². The van der Waals surface area contributed by atoms with Crippen LogP contribution < -0.4 is 5.19 Å². The van der Waals surface area contributed by atoms with Crippen LogP contribution in [0, 0.1) is 23.9 Å². The molecule has 1 aliphatic carbocycles. The van der Waals surface area contributed by atoms with Gasteiger partial charge >= 0.3 is 0 Å². The second-order valence-corrected chi connectivity index (χ2v) is 18.4. The molecule has 43 heavy (non-hydrogen) atoms. The third-order valence-corrected chi connectivity index (χ3v) is 11.2. The van der Waals surface area contributed by atoms with Crippen molar-refractivity contribution >= 4 is 44.8 Å². The van der Waals surface area contributed by atoms with Crippen LogP contribution in [0.1, 0.15) is 31.2 Å². The maximum absolute atomic E-state index is 13.7. The molecule has 6 aromatic rings. The Hall–Kier alpha value is -3.02. The van der Waals surface area contributed by atoms with Crippen LogP contribution in [-0.4, -0.2) is 18.0 Å². The van der Waals surface area contributed by atoms with Crippen LogP contribution in [-0.2, 0) is 26.5 Å². The molecule has 1 aliphatic rings. The van der Waals surface area contributed by atoms with Gasteiger partial charge < -0.3 is 9.97 Å². The molecule has 2 nitrogen and oxygen atoms in total. The number of nitrogens with zero attached hydrogens (tertiary/aromatic N) is 2. The minimum Gasteiger partial charge on any atom is -0.305 e. The van der Waals surface area contributed by atoms with E-state index in [1.807, 2.05) is 48.8 Å². The van der Waals surface area contributed by atoms with Crippen LogP contribution >= 0.6 is 11.3 Å². The molecule has 1 radical (unpaired) electrons. The Morgan fingerprint density at radius 2 is 1.65 bits per heavy atom. The number of pyridine rings is 2. The fraction of sp³-hybridized carbons (Fsp3) is 0.243. The number of fused-ring (bicyclic) bond motifs is 3. The molecule has 3 heterocycles. The maximum Gasteiger partial charge on any atom is 0.123 e. The van der Waals surface area contributed by atoms with Crippen LogP contribution in [0.25, 0.3) is 42.7 Å². The maximum atomic E-state index is 13.7. The summed E-state index contributed by atoms with van der Waals surface area (Å²) in [5, 5.41) is 3.45. The van der Waals surface area contributed by atoms with Crippen molar-refractivity contribution in [3.8, 4) is 22.5 Å². The Morgan fingerprint density at radius 1 is 0.837 bits per heavy atom. The van der Waals surface area contributed by atoms with Gasteiger partial charge in [0.2, 0.25) is 0 Å². The molecule has 0 spiro atoms. The summed E-state index contributed by atoms with van der Waals surface area (Å²) in [7, 11) is -1.23. The molecule has 3 aromatic carbocycles. The van der Waals surface area contributed by atoms with Gasteiger partial charge in [0.1, 0.15) is 5.82 Å². The van der Waals surface area contributed by atoms with E-state index < -0.39 is 8.07 Å². The van der Waals surface area contributed by atoms with Crippen LogP contribution in [0.2, 0.25) is 19.6 Å². The first kappa shape index (κ1) is 31.4. The summed E-state index contributed by atoms with van der Waals surface area (Å²) in [6.07, 6.45) is 10.5. The predicted molar refractivity (Wildman–Crippen MR) is 179 cm³/mol. The summed E-state index contributed by atoms with van der Waals surface area (Å²) >= 11 is 1.68. The van der Waals surface area contributed by atoms with Crippen LogP contribution in [0.5, 0.6) is 0 Å². The average molecular weight is 779 g/mol. The molecule has 1 saturated carbocycles. The molecular weight excluding hydrogens is 744 g/mol. The van der Waals surface area contributed by atoms with Gasteiger partial charge in [-0.05, 0) is 63.3 Å². The number of benzene rings is 3. The first-order chi connectivity index (χ1) is 20.3. The van der Waals surface area contributed by atoms with Crippen molar-refractivity contribution in [2.45, 2.75) is 51.7 Å². The zero-order chi connectivity index (χ0) is 29.1. The topological polar surface area (TPSA) is 25.8 Å². The molecular formula is C37H35FIrN2SSi-2. The third kappa shape index (κ3) is 7.56. The molecule has 6 heteroatoms. The van der Waals surface area contributed by atoms with Crippen LogP contribution in [0.15, 0.2) is 91.3 Å². The zero-order valence-electron chi connectivity index (χ0n) is 24.8. The van der Waals surface area contributed by atoms with Gasteiger partial charge in [0.15, 0.2) is 0 Å². The SMILES string of the molecule is C[Si](C)(C)c1ccc(-c2[c-]cccc2)nc1.Fc1ccc2sc3c[c-]c(-c4cc(CC5CCCC5)ccn4)cc3c2c1.[Ir]. The van der Waals surface area contributed by atoms with Crippen molar-refractivity contribution in [2.24, 2.45) is 5.92 Å². The third-order valence-electron chi connectivity index (χ3n) is 8.08. The van der Waals surface area contributed by atoms with Crippen LogP contribution in [0.3, 0.4) is 0 Å². The van der Waals surface area contributed by atoms with Gasteiger partial charge in [-0.15, -0.1) is 59.7 Å². The summed E-state index contributed by atoms with van der Waals surface area (Å²) in [5.74, 6) is 0.628. The Morgan fingerprint density at radius 3 is 2.37 bits per heavy atom. The van der Waals surface area contributed by atoms with E-state index >= 15 is 0 Å². The predicted octanol–water partition coefficient (Wildman–Crippen LogP) is 9.88. The van der Waals surface area contributed by atoms with Gasteiger partial charge in [-0.3, -0.25) is 0 Å². The number of hydrogen-bond acceptors (Lipinski definition) is 3. The average Bonchev–Trinajstić information content (AvgIpc) is 3.65. The Balaban J connectivity index is 0.000000188. The van der Waals surface area contributed by atoms with Gasteiger partial charge in [-0.25, -0.2) is 4.39 Å². The minimum absolute atomic E-state index is 0. The van der Waals surface area contributed by atoms with E-state index in [4.69, 9.17) is 0 Å². The molecule has 0 amide bonds. The first-order valence-electron chi connectivity index (χ1n) is 14.8. The second-order valence-electron chi connectivity index (χ2n) is 12.2. The smallest absolute Gasteiger partial charge is 0.123 e. The number of thiophene rings is 1. The number of halogens is 1. The van der Waals surface area contributed by atoms with E-state index in [0.29, 0.717) is 0 Å². The van der Waals surface area contributed by atoms with Gasteiger partial charge in [-0.1, -0.05) is 74.5 Å². The fourth-order valence-corrected chi connectivity index (χ4v) is 7.77. The summed E-state index contributed by atoms with van der Waals surface area (Å²) in [6.45, 7) is 7.00. The van der Waals surface area contributed by atoms with Gasteiger partial charge in [0.25, 0.3) is 0 Å². The summed E-state index contributed by atoms with van der Waals surface area (Å²) in [6, 6.07) is 32.3. The molecule has 0 atom stereocenters. The molecule has 221 valence electrons. The summed E-state index contributed by atoms with van der Waals surface area (Å²) in [5.41, 5.74) is 5.36. The molecule has 0 bridgehead atoms. The Bertz CT molecular complexity index is 1810.